The highest BCUT2D eigenvalue weighted by Gasteiger charge is 2.21. The number of amides is 1. The van der Waals surface area contributed by atoms with Gasteiger partial charge in [-0.3, -0.25) is 4.79 Å². The normalized spacial score (nSPS) is 12.6. The zero-order valence-corrected chi connectivity index (χ0v) is 20.2. The van der Waals surface area contributed by atoms with E-state index in [2.05, 4.69) is 25.3 Å². The van der Waals surface area contributed by atoms with E-state index < -0.39 is 10.0 Å². The predicted octanol–water partition coefficient (Wildman–Crippen LogP) is 3.87. The Balaban J connectivity index is 1.31. The Labute approximate surface area is 208 Å². The highest BCUT2D eigenvalue weighted by atomic mass is 32.2. The summed E-state index contributed by atoms with van der Waals surface area (Å²) in [6.45, 7) is 0.161. The van der Waals surface area contributed by atoms with Gasteiger partial charge in [-0.25, -0.2) is 23.1 Å². The minimum absolute atomic E-state index is 0.122. The maximum absolute atomic E-state index is 12.7. The molecule has 0 bridgehead atoms. The summed E-state index contributed by atoms with van der Waals surface area (Å²) >= 11 is 0. The van der Waals surface area contributed by atoms with Gasteiger partial charge in [-0.05, 0) is 48.0 Å². The molecule has 1 amide bonds. The van der Waals surface area contributed by atoms with Crippen LogP contribution in [0.2, 0.25) is 0 Å². The fourth-order valence-corrected chi connectivity index (χ4v) is 4.86. The molecule has 0 saturated heterocycles. The molecule has 0 fully saturated rings. The Morgan fingerprint density at radius 1 is 1.00 bits per heavy atom. The van der Waals surface area contributed by atoms with E-state index in [9.17, 15) is 13.2 Å². The first-order valence-electron chi connectivity index (χ1n) is 11.2. The SMILES string of the molecule is COc1ccc(CNS(=O)(=O)c2ccc(Nc3ncc4c(n3)-c3ccccc3NC(=O)C4)cc2)cc1. The second-order valence-electron chi connectivity index (χ2n) is 8.16. The van der Waals surface area contributed by atoms with Crippen LogP contribution in [0, 0.1) is 0 Å². The molecule has 182 valence electrons. The van der Waals surface area contributed by atoms with Gasteiger partial charge in [0, 0.05) is 29.6 Å². The van der Waals surface area contributed by atoms with Crippen molar-refractivity contribution in [3.05, 3.63) is 90.1 Å². The number of carbonyl (C=O) groups is 1. The number of methoxy groups -OCH3 is 1. The summed E-state index contributed by atoms with van der Waals surface area (Å²) in [5.41, 5.74) is 4.35. The number of ether oxygens (including phenoxy) is 1. The minimum atomic E-state index is -3.70. The molecule has 0 unspecified atom stereocenters. The monoisotopic (exact) mass is 501 g/mol. The molecular formula is C26H23N5O4S. The Morgan fingerprint density at radius 2 is 1.75 bits per heavy atom. The molecule has 4 aromatic rings. The van der Waals surface area contributed by atoms with Gasteiger partial charge < -0.3 is 15.4 Å². The van der Waals surface area contributed by atoms with E-state index in [0.29, 0.717) is 28.8 Å². The molecule has 1 aliphatic rings. The fraction of sp³-hybridized carbons (Fsp3) is 0.115. The Morgan fingerprint density at radius 3 is 2.50 bits per heavy atom. The average molecular weight is 502 g/mol. The van der Waals surface area contributed by atoms with Crippen molar-refractivity contribution in [1.29, 1.82) is 0 Å². The lowest BCUT2D eigenvalue weighted by Crippen LogP contribution is -2.23. The largest absolute Gasteiger partial charge is 0.497 e. The molecule has 0 aliphatic carbocycles. The predicted molar refractivity (Wildman–Crippen MR) is 137 cm³/mol. The second kappa shape index (κ2) is 9.76. The lowest BCUT2D eigenvalue weighted by atomic mass is 10.1. The third-order valence-corrected chi connectivity index (χ3v) is 7.14. The molecule has 10 heteroatoms. The Kier molecular flexibility index (Phi) is 6.36. The number of sulfonamides is 1. The molecule has 0 radical (unpaired) electrons. The summed E-state index contributed by atoms with van der Waals surface area (Å²) in [7, 11) is -2.12. The lowest BCUT2D eigenvalue weighted by Gasteiger charge is -2.11. The number of fused-ring (bicyclic) bond motifs is 3. The average Bonchev–Trinajstić information content (AvgIpc) is 3.03. The van der Waals surface area contributed by atoms with Crippen LogP contribution < -0.4 is 20.1 Å². The second-order valence-corrected chi connectivity index (χ2v) is 9.93. The summed E-state index contributed by atoms with van der Waals surface area (Å²) in [6, 6.07) is 21.0. The third kappa shape index (κ3) is 5.04. The standard InChI is InChI=1S/C26H23N5O4S/c1-35-20-10-6-17(7-11-20)15-28-36(33,34)21-12-8-19(9-13-21)29-26-27-16-18-14-24(32)30-23-5-3-2-4-22(23)25(18)31-26/h2-13,16,28H,14-15H2,1H3,(H,30,32)(H,27,29,31). The van der Waals surface area contributed by atoms with Crippen LogP contribution in [-0.4, -0.2) is 31.4 Å². The van der Waals surface area contributed by atoms with Gasteiger partial charge in [0.2, 0.25) is 21.9 Å². The number of anilines is 3. The number of hydrogen-bond donors (Lipinski definition) is 3. The summed E-state index contributed by atoms with van der Waals surface area (Å²) in [5.74, 6) is 0.923. The van der Waals surface area contributed by atoms with Gasteiger partial charge in [0.1, 0.15) is 5.75 Å². The van der Waals surface area contributed by atoms with Crippen molar-refractivity contribution in [2.24, 2.45) is 0 Å². The molecular weight excluding hydrogens is 478 g/mol. The van der Waals surface area contributed by atoms with E-state index in [1.165, 1.54) is 12.1 Å². The number of carbonyl (C=O) groups excluding carboxylic acids is 1. The number of nitrogens with zero attached hydrogens (tertiary/aromatic N) is 2. The van der Waals surface area contributed by atoms with E-state index >= 15 is 0 Å². The molecule has 36 heavy (non-hydrogen) atoms. The van der Waals surface area contributed by atoms with E-state index in [1.807, 2.05) is 24.3 Å². The maximum Gasteiger partial charge on any atom is 0.240 e. The van der Waals surface area contributed by atoms with Gasteiger partial charge in [0.15, 0.2) is 0 Å². The van der Waals surface area contributed by atoms with Crippen molar-refractivity contribution in [3.8, 4) is 17.0 Å². The van der Waals surface area contributed by atoms with Crippen LogP contribution in [-0.2, 0) is 27.8 Å². The van der Waals surface area contributed by atoms with Gasteiger partial charge in [-0.1, -0.05) is 30.3 Å². The number of rotatable bonds is 7. The number of hydrogen-bond acceptors (Lipinski definition) is 7. The summed E-state index contributed by atoms with van der Waals surface area (Å²) in [4.78, 5) is 21.3. The molecule has 9 nitrogen and oxygen atoms in total. The topological polar surface area (TPSA) is 122 Å². The van der Waals surface area contributed by atoms with Gasteiger partial charge >= 0.3 is 0 Å². The third-order valence-electron chi connectivity index (χ3n) is 5.72. The molecule has 0 atom stereocenters. The molecule has 5 rings (SSSR count). The number of nitrogens with one attached hydrogen (secondary N) is 3. The quantitative estimate of drug-likeness (QED) is 0.351. The minimum Gasteiger partial charge on any atom is -0.497 e. The van der Waals surface area contributed by atoms with E-state index in [-0.39, 0.29) is 23.8 Å². The summed E-state index contributed by atoms with van der Waals surface area (Å²) < 4.78 is 33.2. The summed E-state index contributed by atoms with van der Waals surface area (Å²) in [6.07, 6.45) is 1.81. The van der Waals surface area contributed by atoms with Crippen molar-refractivity contribution in [2.75, 3.05) is 17.7 Å². The Bertz CT molecular complexity index is 1520. The number of benzene rings is 3. The van der Waals surface area contributed by atoms with E-state index in [4.69, 9.17) is 4.74 Å². The smallest absolute Gasteiger partial charge is 0.240 e. The van der Waals surface area contributed by atoms with Crippen LogP contribution in [0.1, 0.15) is 11.1 Å². The molecule has 1 aromatic heterocycles. The molecule has 3 N–H and O–H groups in total. The van der Waals surface area contributed by atoms with E-state index in [0.717, 1.165) is 16.7 Å². The highest BCUT2D eigenvalue weighted by Crippen LogP contribution is 2.32. The van der Waals surface area contributed by atoms with Crippen LogP contribution in [0.3, 0.4) is 0 Å². The van der Waals surface area contributed by atoms with Gasteiger partial charge in [-0.15, -0.1) is 0 Å². The van der Waals surface area contributed by atoms with Crippen LogP contribution in [0.4, 0.5) is 17.3 Å². The molecule has 1 aliphatic heterocycles. The van der Waals surface area contributed by atoms with Crippen LogP contribution in [0.25, 0.3) is 11.3 Å². The Hall–Kier alpha value is -4.28. The molecule has 2 heterocycles. The first-order chi connectivity index (χ1) is 17.4. The van der Waals surface area contributed by atoms with Crippen molar-refractivity contribution in [1.82, 2.24) is 14.7 Å². The van der Waals surface area contributed by atoms with Crippen LogP contribution in [0.15, 0.2) is 83.9 Å². The highest BCUT2D eigenvalue weighted by molar-refractivity contribution is 7.89. The zero-order chi connectivity index (χ0) is 25.1. The summed E-state index contributed by atoms with van der Waals surface area (Å²) in [5, 5.41) is 6.00. The van der Waals surface area contributed by atoms with E-state index in [1.54, 1.807) is 49.7 Å². The number of para-hydroxylation sites is 1. The van der Waals surface area contributed by atoms with Gasteiger partial charge in [0.05, 0.1) is 29.8 Å². The van der Waals surface area contributed by atoms with Gasteiger partial charge in [0.25, 0.3) is 0 Å². The fourth-order valence-electron chi connectivity index (χ4n) is 3.85. The first-order valence-corrected chi connectivity index (χ1v) is 12.6. The van der Waals surface area contributed by atoms with Crippen molar-refractivity contribution < 1.29 is 17.9 Å². The van der Waals surface area contributed by atoms with Crippen molar-refractivity contribution >= 4 is 33.3 Å². The number of aromatic nitrogens is 2. The van der Waals surface area contributed by atoms with Crippen LogP contribution >= 0.6 is 0 Å². The maximum atomic E-state index is 12.7. The molecule has 0 spiro atoms. The van der Waals surface area contributed by atoms with Gasteiger partial charge in [-0.2, -0.15) is 0 Å². The first kappa shape index (κ1) is 23.5. The van der Waals surface area contributed by atoms with Crippen molar-refractivity contribution in [3.63, 3.8) is 0 Å². The zero-order valence-electron chi connectivity index (χ0n) is 19.4. The lowest BCUT2D eigenvalue weighted by molar-refractivity contribution is -0.115. The molecule has 0 saturated carbocycles. The van der Waals surface area contributed by atoms with Crippen LogP contribution in [0.5, 0.6) is 5.75 Å². The van der Waals surface area contributed by atoms with Crippen molar-refractivity contribution in [2.45, 2.75) is 17.9 Å². The molecule has 3 aromatic carbocycles.